The molecule has 3 aromatic carbocycles. The van der Waals surface area contributed by atoms with Gasteiger partial charge >= 0.3 is 12.3 Å². The normalized spacial score (nSPS) is 15.7. The van der Waals surface area contributed by atoms with Gasteiger partial charge in [-0.15, -0.1) is 0 Å². The molecule has 3 aromatic rings. The van der Waals surface area contributed by atoms with Gasteiger partial charge in [0.2, 0.25) is 5.91 Å². The standard InChI is InChI=1S/C32H31F3N2O6/c1-2-43-36-21-25(20-30(38)37-27(22-42-31(37)39)19-23-7-4-3-5-8-23)24-9-13-28(14-10-24)40-17-6-18-41-29-15-11-26(12-16-29)32(33,34)35/h2-5,7-16,21,25,27H,1,6,17-20,22H2/b36-21+/t25-,27+/m1/s1. The molecule has 2 atom stereocenters. The molecule has 0 aliphatic carbocycles. The first-order valence-electron chi connectivity index (χ1n) is 13.6. The highest BCUT2D eigenvalue weighted by molar-refractivity contribution is 5.95. The fourth-order valence-corrected chi connectivity index (χ4v) is 4.49. The predicted molar refractivity (Wildman–Crippen MR) is 153 cm³/mol. The van der Waals surface area contributed by atoms with Crippen LogP contribution in [0.15, 0.2) is 96.9 Å². The minimum atomic E-state index is -4.39. The number of cyclic esters (lactones) is 1. The van der Waals surface area contributed by atoms with Crippen molar-refractivity contribution in [1.29, 1.82) is 0 Å². The number of amides is 2. The molecule has 11 heteroatoms. The Morgan fingerprint density at radius 2 is 1.63 bits per heavy atom. The van der Waals surface area contributed by atoms with Gasteiger partial charge in [-0.2, -0.15) is 13.2 Å². The van der Waals surface area contributed by atoms with Gasteiger partial charge in [-0.1, -0.05) is 54.2 Å². The van der Waals surface area contributed by atoms with Gasteiger partial charge in [-0.05, 0) is 53.9 Å². The molecule has 1 fully saturated rings. The van der Waals surface area contributed by atoms with Crippen LogP contribution in [0.1, 0.15) is 35.4 Å². The zero-order valence-electron chi connectivity index (χ0n) is 23.2. The number of ether oxygens (including phenoxy) is 3. The van der Waals surface area contributed by atoms with Crippen molar-refractivity contribution < 1.29 is 41.8 Å². The van der Waals surface area contributed by atoms with Crippen molar-refractivity contribution in [1.82, 2.24) is 4.90 Å². The summed E-state index contributed by atoms with van der Waals surface area (Å²) in [7, 11) is 0. The monoisotopic (exact) mass is 596 g/mol. The van der Waals surface area contributed by atoms with E-state index in [4.69, 9.17) is 19.0 Å². The number of halogens is 3. The Morgan fingerprint density at radius 1 is 1.00 bits per heavy atom. The summed E-state index contributed by atoms with van der Waals surface area (Å²) in [4.78, 5) is 31.9. The summed E-state index contributed by atoms with van der Waals surface area (Å²) in [5, 5.41) is 3.86. The van der Waals surface area contributed by atoms with Gasteiger partial charge in [-0.3, -0.25) is 4.79 Å². The molecule has 0 saturated carbocycles. The lowest BCUT2D eigenvalue weighted by Crippen LogP contribution is -2.40. The van der Waals surface area contributed by atoms with Crippen molar-refractivity contribution in [3.05, 3.63) is 108 Å². The van der Waals surface area contributed by atoms with Crippen molar-refractivity contribution in [2.75, 3.05) is 19.8 Å². The van der Waals surface area contributed by atoms with Crippen LogP contribution < -0.4 is 9.47 Å². The lowest BCUT2D eigenvalue weighted by molar-refractivity contribution is -0.137. The highest BCUT2D eigenvalue weighted by Crippen LogP contribution is 2.30. The van der Waals surface area contributed by atoms with E-state index in [-0.39, 0.29) is 19.6 Å². The highest BCUT2D eigenvalue weighted by atomic mass is 19.4. The number of benzene rings is 3. The van der Waals surface area contributed by atoms with Crippen LogP contribution in [0.2, 0.25) is 0 Å². The lowest BCUT2D eigenvalue weighted by Gasteiger charge is -2.22. The van der Waals surface area contributed by atoms with Gasteiger partial charge in [-0.25, -0.2) is 9.69 Å². The molecule has 0 spiro atoms. The second-order valence-electron chi connectivity index (χ2n) is 9.66. The third-order valence-corrected chi connectivity index (χ3v) is 6.63. The van der Waals surface area contributed by atoms with Crippen molar-refractivity contribution in [2.45, 2.75) is 37.4 Å². The Balaban J connectivity index is 1.31. The van der Waals surface area contributed by atoms with Gasteiger partial charge in [0.1, 0.15) is 24.4 Å². The molecule has 8 nitrogen and oxygen atoms in total. The molecule has 226 valence electrons. The molecule has 4 rings (SSSR count). The van der Waals surface area contributed by atoms with E-state index in [1.807, 2.05) is 30.3 Å². The predicted octanol–water partition coefficient (Wildman–Crippen LogP) is 6.76. The number of imide groups is 1. The summed E-state index contributed by atoms with van der Waals surface area (Å²) < 4.78 is 54.5. The lowest BCUT2D eigenvalue weighted by atomic mass is 9.95. The van der Waals surface area contributed by atoms with E-state index >= 15 is 0 Å². The van der Waals surface area contributed by atoms with Crippen LogP contribution in [0, 0.1) is 0 Å². The van der Waals surface area contributed by atoms with E-state index in [1.54, 1.807) is 24.3 Å². The molecule has 1 aliphatic rings. The van der Waals surface area contributed by atoms with Crippen molar-refractivity contribution in [3.63, 3.8) is 0 Å². The molecular weight excluding hydrogens is 565 g/mol. The molecule has 1 saturated heterocycles. The summed E-state index contributed by atoms with van der Waals surface area (Å²) in [6, 6.07) is 20.7. The largest absolute Gasteiger partial charge is 0.493 e. The van der Waals surface area contributed by atoms with Crippen LogP contribution in [-0.2, 0) is 27.0 Å². The fraction of sp³-hybridized carbons (Fsp3) is 0.281. The SMILES string of the molecule is C=CO/N=C/[C@@H](CC(=O)N1C(=O)OC[C@@H]1Cc1ccccc1)c1ccc(OCCCOc2ccc(C(F)(F)F)cc2)cc1. The summed E-state index contributed by atoms with van der Waals surface area (Å²) in [6.45, 7) is 4.16. The molecule has 0 radical (unpaired) electrons. The molecule has 0 aromatic heterocycles. The second kappa shape index (κ2) is 14.9. The average molecular weight is 597 g/mol. The average Bonchev–Trinajstić information content (AvgIpc) is 3.36. The Hall–Kier alpha value is -4.80. The second-order valence-corrected chi connectivity index (χ2v) is 9.66. The number of carbonyl (C=O) groups excluding carboxylic acids is 2. The Morgan fingerprint density at radius 3 is 2.23 bits per heavy atom. The minimum Gasteiger partial charge on any atom is -0.493 e. The van der Waals surface area contributed by atoms with E-state index in [9.17, 15) is 22.8 Å². The minimum absolute atomic E-state index is 0.0497. The van der Waals surface area contributed by atoms with E-state index in [0.29, 0.717) is 30.9 Å². The highest BCUT2D eigenvalue weighted by Gasteiger charge is 2.38. The zero-order chi connectivity index (χ0) is 30.7. The summed E-state index contributed by atoms with van der Waals surface area (Å²) >= 11 is 0. The van der Waals surface area contributed by atoms with Crippen LogP contribution in [-0.4, -0.2) is 49.0 Å². The first-order chi connectivity index (χ1) is 20.7. The Labute approximate surface area is 247 Å². The maximum atomic E-state index is 13.3. The van der Waals surface area contributed by atoms with E-state index < -0.39 is 35.7 Å². The molecule has 1 heterocycles. The fourth-order valence-electron chi connectivity index (χ4n) is 4.49. The molecule has 2 amide bonds. The number of hydrogen-bond acceptors (Lipinski definition) is 7. The summed E-state index contributed by atoms with van der Waals surface area (Å²) in [6.07, 6.45) is -1.50. The first kappa shape index (κ1) is 31.1. The quantitative estimate of drug-likeness (QED) is 0.0885. The van der Waals surface area contributed by atoms with Crippen molar-refractivity contribution in [2.24, 2.45) is 5.16 Å². The third-order valence-electron chi connectivity index (χ3n) is 6.63. The van der Waals surface area contributed by atoms with Crippen molar-refractivity contribution >= 4 is 18.2 Å². The van der Waals surface area contributed by atoms with E-state index in [0.717, 1.165) is 29.5 Å². The van der Waals surface area contributed by atoms with E-state index in [2.05, 4.69) is 11.7 Å². The van der Waals surface area contributed by atoms with Gasteiger partial charge in [0.05, 0.1) is 31.0 Å². The smallest absolute Gasteiger partial charge is 0.416 e. The number of rotatable bonds is 14. The van der Waals surface area contributed by atoms with Crippen LogP contribution >= 0.6 is 0 Å². The maximum absolute atomic E-state index is 13.3. The molecule has 0 bridgehead atoms. The zero-order valence-corrected chi connectivity index (χ0v) is 23.2. The van der Waals surface area contributed by atoms with Gasteiger partial charge in [0.25, 0.3) is 0 Å². The topological polar surface area (TPSA) is 86.7 Å². The van der Waals surface area contributed by atoms with Crippen LogP contribution in [0.3, 0.4) is 0 Å². The Bertz CT molecular complexity index is 1380. The number of hydrogen-bond donors (Lipinski definition) is 0. The molecule has 1 aliphatic heterocycles. The van der Waals surface area contributed by atoms with Crippen LogP contribution in [0.4, 0.5) is 18.0 Å². The maximum Gasteiger partial charge on any atom is 0.416 e. The molecule has 43 heavy (non-hydrogen) atoms. The van der Waals surface area contributed by atoms with Gasteiger partial charge < -0.3 is 19.0 Å². The summed E-state index contributed by atoms with van der Waals surface area (Å²) in [5.74, 6) is 0.0126. The first-order valence-corrected chi connectivity index (χ1v) is 13.6. The third kappa shape index (κ3) is 9.09. The Kier molecular flexibility index (Phi) is 10.8. The van der Waals surface area contributed by atoms with Crippen molar-refractivity contribution in [3.8, 4) is 11.5 Å². The van der Waals surface area contributed by atoms with Gasteiger partial charge in [0, 0.05) is 18.8 Å². The van der Waals surface area contributed by atoms with Crippen LogP contribution in [0.25, 0.3) is 0 Å². The number of carbonyl (C=O) groups is 2. The summed E-state index contributed by atoms with van der Waals surface area (Å²) in [5.41, 5.74) is 1.00. The van der Waals surface area contributed by atoms with Gasteiger partial charge in [0.15, 0.2) is 0 Å². The molecular formula is C32H31F3N2O6. The van der Waals surface area contributed by atoms with Crippen LogP contribution in [0.5, 0.6) is 11.5 Å². The number of alkyl halides is 3. The molecule has 0 N–H and O–H groups in total. The number of nitrogens with zero attached hydrogens (tertiary/aromatic N) is 2. The number of oxime groups is 1. The van der Waals surface area contributed by atoms with E-state index in [1.165, 1.54) is 23.2 Å². The molecule has 0 unspecified atom stereocenters.